The second-order valence-electron chi connectivity index (χ2n) is 5.20. The van der Waals surface area contributed by atoms with E-state index < -0.39 is 33.2 Å². The van der Waals surface area contributed by atoms with E-state index in [0.717, 1.165) is 0 Å². The monoisotopic (exact) mass is 340 g/mol. The number of hydrazone groups is 1. The van der Waals surface area contributed by atoms with E-state index in [9.17, 15) is 26.7 Å². The van der Waals surface area contributed by atoms with Crippen LogP contribution in [0.3, 0.4) is 0 Å². The minimum atomic E-state index is -5.19. The predicted molar refractivity (Wildman–Crippen MR) is 70.4 cm³/mol. The van der Waals surface area contributed by atoms with Crippen molar-refractivity contribution >= 4 is 15.7 Å². The molecule has 1 unspecified atom stereocenters. The third-order valence-corrected chi connectivity index (χ3v) is 5.41. The molecule has 7 nitrogen and oxygen atoms in total. The van der Waals surface area contributed by atoms with Crippen LogP contribution in [0.25, 0.3) is 0 Å². The van der Waals surface area contributed by atoms with Crippen LogP contribution in [0.2, 0.25) is 0 Å². The summed E-state index contributed by atoms with van der Waals surface area (Å²) < 4.78 is 65.7. The van der Waals surface area contributed by atoms with Crippen molar-refractivity contribution in [2.75, 3.05) is 0 Å². The Morgan fingerprint density at radius 2 is 1.82 bits per heavy atom. The Morgan fingerprint density at radius 3 is 2.23 bits per heavy atom. The topological polar surface area (TPSA) is 87.8 Å². The molecule has 11 heteroatoms. The molecule has 1 aliphatic rings. The average molecular weight is 340 g/mol. The smallest absolute Gasteiger partial charge is 0.361 e. The normalized spacial score (nSPS) is 23.1. The first-order chi connectivity index (χ1) is 9.82. The van der Waals surface area contributed by atoms with Crippen LogP contribution in [0.4, 0.5) is 13.2 Å². The van der Waals surface area contributed by atoms with Crippen molar-refractivity contribution in [3.63, 3.8) is 0 Å². The Bertz CT molecular complexity index is 753. The molecule has 0 fully saturated rings. The summed E-state index contributed by atoms with van der Waals surface area (Å²) in [6.07, 6.45) is -6.13. The maximum atomic E-state index is 13.2. The van der Waals surface area contributed by atoms with Crippen LogP contribution in [0.1, 0.15) is 24.7 Å². The van der Waals surface area contributed by atoms with Gasteiger partial charge in [0.05, 0.1) is 11.4 Å². The second-order valence-corrected chi connectivity index (χ2v) is 6.90. The number of hydrogen-bond donors (Lipinski definition) is 1. The van der Waals surface area contributed by atoms with Gasteiger partial charge in [-0.3, -0.25) is 4.68 Å². The number of nitrogens with zero attached hydrogens (tertiary/aromatic N) is 4. The molecule has 0 spiro atoms. The second kappa shape index (κ2) is 4.69. The highest BCUT2D eigenvalue weighted by Crippen LogP contribution is 2.43. The first kappa shape index (κ1) is 16.7. The third kappa shape index (κ3) is 2.19. The van der Waals surface area contributed by atoms with Gasteiger partial charge in [-0.1, -0.05) is 0 Å². The van der Waals surface area contributed by atoms with Crippen LogP contribution in [0.15, 0.2) is 10.00 Å². The highest BCUT2D eigenvalue weighted by molar-refractivity contribution is 7.89. The summed E-state index contributed by atoms with van der Waals surface area (Å²) in [7, 11) is -3.24. The van der Waals surface area contributed by atoms with Crippen molar-refractivity contribution in [3.8, 4) is 0 Å². The van der Waals surface area contributed by atoms with Gasteiger partial charge in [0.15, 0.2) is 0 Å². The summed E-state index contributed by atoms with van der Waals surface area (Å²) in [4.78, 5) is -0.392. The zero-order valence-electron chi connectivity index (χ0n) is 12.3. The number of rotatable bonds is 2. The highest BCUT2D eigenvalue weighted by Gasteiger charge is 2.64. The van der Waals surface area contributed by atoms with E-state index in [2.05, 4.69) is 10.2 Å². The molecule has 0 amide bonds. The van der Waals surface area contributed by atoms with Gasteiger partial charge in [-0.15, -0.1) is 4.41 Å². The molecule has 0 bridgehead atoms. The first-order valence-electron chi connectivity index (χ1n) is 6.21. The van der Waals surface area contributed by atoms with Crippen LogP contribution in [0, 0.1) is 13.8 Å². The molecule has 0 saturated heterocycles. The number of hydrogen-bond acceptors (Lipinski definition) is 5. The number of aryl methyl sites for hydroxylation is 2. The Labute approximate surface area is 125 Å². The van der Waals surface area contributed by atoms with Gasteiger partial charge in [0.25, 0.3) is 15.7 Å². The molecule has 1 atom stereocenters. The molecule has 1 aromatic heterocycles. The minimum Gasteiger partial charge on any atom is -0.361 e. The molecule has 124 valence electrons. The van der Waals surface area contributed by atoms with E-state index in [1.54, 1.807) is 0 Å². The fraction of sp³-hybridized carbons (Fsp3) is 0.636. The van der Waals surface area contributed by atoms with Gasteiger partial charge in [0.2, 0.25) is 0 Å². The van der Waals surface area contributed by atoms with E-state index in [1.807, 2.05) is 0 Å². The largest absolute Gasteiger partial charge is 0.439 e. The van der Waals surface area contributed by atoms with Gasteiger partial charge >= 0.3 is 6.18 Å². The number of sulfonamides is 1. The molecule has 1 aromatic rings. The third-order valence-electron chi connectivity index (χ3n) is 3.46. The van der Waals surface area contributed by atoms with Gasteiger partial charge in [-0.05, 0) is 20.8 Å². The predicted octanol–water partition coefficient (Wildman–Crippen LogP) is 1.06. The standard InChI is InChI=1S/C11H15F3N4O3S/c1-6-5-10(19,11(12,13)14)18(15-6)22(20,21)9-7(2)16-17(4)8(9)3/h19H,5H2,1-4H3. The lowest BCUT2D eigenvalue weighted by Crippen LogP contribution is -2.56. The molecular formula is C11H15F3N4O3S. The van der Waals surface area contributed by atoms with Crippen LogP contribution in [0.5, 0.6) is 0 Å². The molecule has 2 rings (SSSR count). The number of halogens is 3. The fourth-order valence-corrected chi connectivity index (χ4v) is 4.28. The van der Waals surface area contributed by atoms with Crippen LogP contribution >= 0.6 is 0 Å². The maximum Gasteiger partial charge on any atom is 0.439 e. The van der Waals surface area contributed by atoms with Crippen molar-refractivity contribution in [2.24, 2.45) is 12.1 Å². The van der Waals surface area contributed by atoms with Crippen molar-refractivity contribution in [2.45, 2.75) is 44.0 Å². The Balaban J connectivity index is 2.67. The van der Waals surface area contributed by atoms with E-state index in [4.69, 9.17) is 0 Å². The lowest BCUT2D eigenvalue weighted by atomic mass is 10.1. The first-order valence-corrected chi connectivity index (χ1v) is 7.65. The molecular weight excluding hydrogens is 325 g/mol. The quantitative estimate of drug-likeness (QED) is 0.872. The molecule has 1 N–H and O–H groups in total. The molecule has 2 heterocycles. The molecule has 0 saturated carbocycles. The van der Waals surface area contributed by atoms with Gasteiger partial charge < -0.3 is 5.11 Å². The molecule has 0 radical (unpaired) electrons. The zero-order chi connectivity index (χ0) is 17.1. The number of aliphatic hydroxyl groups is 1. The average Bonchev–Trinajstić information content (AvgIpc) is 2.77. The van der Waals surface area contributed by atoms with Gasteiger partial charge in [-0.2, -0.15) is 31.8 Å². The van der Waals surface area contributed by atoms with Crippen molar-refractivity contribution in [1.82, 2.24) is 14.2 Å². The van der Waals surface area contributed by atoms with E-state index in [-0.39, 0.29) is 21.5 Å². The Morgan fingerprint density at radius 1 is 1.27 bits per heavy atom. The summed E-state index contributed by atoms with van der Waals surface area (Å²) >= 11 is 0. The number of aromatic nitrogens is 2. The molecule has 0 aliphatic carbocycles. The summed E-state index contributed by atoms with van der Waals surface area (Å²) in [5, 5.41) is 17.2. The molecule has 0 aromatic carbocycles. The summed E-state index contributed by atoms with van der Waals surface area (Å²) in [5.74, 6) is 0. The van der Waals surface area contributed by atoms with E-state index in [0.29, 0.717) is 0 Å². The fourth-order valence-electron chi connectivity index (χ4n) is 2.37. The van der Waals surface area contributed by atoms with Crippen LogP contribution in [-0.4, -0.2) is 45.3 Å². The lowest BCUT2D eigenvalue weighted by molar-refractivity contribution is -0.291. The summed E-state index contributed by atoms with van der Waals surface area (Å²) in [5.41, 5.74) is -3.54. The highest BCUT2D eigenvalue weighted by atomic mass is 32.2. The van der Waals surface area contributed by atoms with Crippen molar-refractivity contribution < 1.29 is 26.7 Å². The molecule has 22 heavy (non-hydrogen) atoms. The van der Waals surface area contributed by atoms with E-state index >= 15 is 0 Å². The summed E-state index contributed by atoms with van der Waals surface area (Å²) in [6, 6.07) is 0. The number of alkyl halides is 3. The maximum absolute atomic E-state index is 13.2. The zero-order valence-corrected chi connectivity index (χ0v) is 13.1. The van der Waals surface area contributed by atoms with Crippen molar-refractivity contribution in [1.29, 1.82) is 0 Å². The van der Waals surface area contributed by atoms with Crippen LogP contribution < -0.4 is 0 Å². The lowest BCUT2D eigenvalue weighted by Gasteiger charge is -2.33. The van der Waals surface area contributed by atoms with Gasteiger partial charge in [-0.25, -0.2) is 0 Å². The SMILES string of the molecule is CC1=NN(S(=O)(=O)c2c(C)nn(C)c2C)C(O)(C(F)(F)F)C1. The van der Waals surface area contributed by atoms with Crippen LogP contribution in [-0.2, 0) is 17.1 Å². The molecule has 1 aliphatic heterocycles. The Hall–Kier alpha value is -1.62. The summed E-state index contributed by atoms with van der Waals surface area (Å²) in [6.45, 7) is 3.99. The minimum absolute atomic E-state index is 0.0317. The van der Waals surface area contributed by atoms with Gasteiger partial charge in [0, 0.05) is 19.2 Å². The Kier molecular flexibility index (Phi) is 3.57. The van der Waals surface area contributed by atoms with Gasteiger partial charge in [0.1, 0.15) is 4.90 Å². The van der Waals surface area contributed by atoms with Crippen molar-refractivity contribution in [3.05, 3.63) is 11.4 Å². The van der Waals surface area contributed by atoms with E-state index in [1.165, 1.54) is 32.5 Å².